The van der Waals surface area contributed by atoms with Gasteiger partial charge in [0, 0.05) is 0 Å². The van der Waals surface area contributed by atoms with Crippen LogP contribution in [-0.2, 0) is 0 Å². The number of ether oxygens (including phenoxy) is 2. The van der Waals surface area contributed by atoms with Gasteiger partial charge in [-0.25, -0.2) is 4.79 Å². The molecule has 1 heterocycles. The summed E-state index contributed by atoms with van der Waals surface area (Å²) in [6.45, 7) is 0.0969. The fourth-order valence-electron chi connectivity index (χ4n) is 1.10. The minimum absolute atomic E-state index is 0.0969. The molecule has 1 aliphatic heterocycles. The summed E-state index contributed by atoms with van der Waals surface area (Å²) in [7, 11) is 0. The Morgan fingerprint density at radius 2 is 2.25 bits per heavy atom. The summed E-state index contributed by atoms with van der Waals surface area (Å²) in [5, 5.41) is 8.71. The van der Waals surface area contributed by atoms with Crippen molar-refractivity contribution in [2.45, 2.75) is 0 Å². The number of rotatable bonds is 1. The number of aromatic carboxylic acids is 1. The van der Waals surface area contributed by atoms with Crippen LogP contribution in [0.4, 0.5) is 0 Å². The van der Waals surface area contributed by atoms with Crippen molar-refractivity contribution in [3.63, 3.8) is 0 Å². The molecule has 62 valence electrons. The van der Waals surface area contributed by atoms with Gasteiger partial charge in [0.25, 0.3) is 0 Å². The van der Waals surface area contributed by atoms with Crippen LogP contribution < -0.4 is 9.47 Å². The first-order valence-electron chi connectivity index (χ1n) is 3.41. The van der Waals surface area contributed by atoms with Gasteiger partial charge in [-0.1, -0.05) is 6.07 Å². The minimum Gasteiger partial charge on any atom is -0.478 e. The third-order valence-electron chi connectivity index (χ3n) is 1.63. The van der Waals surface area contributed by atoms with Crippen molar-refractivity contribution >= 4 is 5.97 Å². The molecule has 1 aromatic carbocycles. The Kier molecular flexibility index (Phi) is 1.40. The lowest BCUT2D eigenvalue weighted by Gasteiger charge is -1.98. The summed E-state index contributed by atoms with van der Waals surface area (Å²) in [4.78, 5) is 10.6. The zero-order valence-corrected chi connectivity index (χ0v) is 6.11. The number of hydrogen-bond acceptors (Lipinski definition) is 3. The van der Waals surface area contributed by atoms with Gasteiger partial charge in [0.1, 0.15) is 5.56 Å². The number of carboxylic acids is 1. The fraction of sp³-hybridized carbons (Fsp3) is 0.125. The Morgan fingerprint density at radius 3 is 3.00 bits per heavy atom. The van der Waals surface area contributed by atoms with Crippen LogP contribution >= 0.6 is 0 Å². The first-order valence-corrected chi connectivity index (χ1v) is 3.41. The SMILES string of the molecule is O=C(O)c1cccc2c1OCO2. The van der Waals surface area contributed by atoms with Crippen LogP contribution in [0.3, 0.4) is 0 Å². The van der Waals surface area contributed by atoms with Crippen LogP contribution in [0.5, 0.6) is 11.5 Å². The van der Waals surface area contributed by atoms with Crippen molar-refractivity contribution in [3.8, 4) is 11.5 Å². The van der Waals surface area contributed by atoms with E-state index in [1.165, 1.54) is 6.07 Å². The van der Waals surface area contributed by atoms with Gasteiger partial charge < -0.3 is 14.6 Å². The molecule has 0 radical (unpaired) electrons. The highest BCUT2D eigenvalue weighted by atomic mass is 16.7. The van der Waals surface area contributed by atoms with E-state index in [9.17, 15) is 4.79 Å². The molecule has 0 aliphatic carbocycles. The van der Waals surface area contributed by atoms with Crippen molar-refractivity contribution in [1.82, 2.24) is 0 Å². The van der Waals surface area contributed by atoms with E-state index in [4.69, 9.17) is 14.6 Å². The number of benzene rings is 1. The highest BCUT2D eigenvalue weighted by molar-refractivity contribution is 5.92. The molecule has 0 fully saturated rings. The largest absolute Gasteiger partial charge is 0.478 e. The van der Waals surface area contributed by atoms with Crippen molar-refractivity contribution in [1.29, 1.82) is 0 Å². The molecule has 0 amide bonds. The smallest absolute Gasteiger partial charge is 0.339 e. The third kappa shape index (κ3) is 0.887. The first kappa shape index (κ1) is 6.97. The molecule has 0 spiro atoms. The summed E-state index contributed by atoms with van der Waals surface area (Å²) in [6, 6.07) is 4.78. The van der Waals surface area contributed by atoms with Gasteiger partial charge in [0.15, 0.2) is 11.5 Å². The number of para-hydroxylation sites is 1. The number of carboxylic acid groups (broad SMARTS) is 1. The maximum Gasteiger partial charge on any atom is 0.339 e. The van der Waals surface area contributed by atoms with E-state index < -0.39 is 5.97 Å². The molecule has 0 unspecified atom stereocenters. The highest BCUT2D eigenvalue weighted by Gasteiger charge is 2.20. The average molecular weight is 166 g/mol. The van der Waals surface area contributed by atoms with E-state index in [1.807, 2.05) is 0 Å². The lowest BCUT2D eigenvalue weighted by molar-refractivity contribution is 0.0692. The Balaban J connectivity index is 2.56. The number of hydrogen-bond donors (Lipinski definition) is 1. The third-order valence-corrected chi connectivity index (χ3v) is 1.63. The summed E-state index contributed by atoms with van der Waals surface area (Å²) in [5.41, 5.74) is 0.144. The predicted molar refractivity (Wildman–Crippen MR) is 39.5 cm³/mol. The maximum atomic E-state index is 10.6. The van der Waals surface area contributed by atoms with E-state index in [0.29, 0.717) is 11.5 Å². The molecule has 12 heavy (non-hydrogen) atoms. The predicted octanol–water partition coefficient (Wildman–Crippen LogP) is 1.11. The van der Waals surface area contributed by atoms with Gasteiger partial charge >= 0.3 is 5.97 Å². The summed E-state index contributed by atoms with van der Waals surface area (Å²) in [6.07, 6.45) is 0. The van der Waals surface area contributed by atoms with Crippen LogP contribution in [0.2, 0.25) is 0 Å². The topological polar surface area (TPSA) is 55.8 Å². The lowest BCUT2D eigenvalue weighted by Crippen LogP contribution is -1.99. The molecule has 1 aliphatic rings. The molecule has 0 aromatic heterocycles. The van der Waals surface area contributed by atoms with Crippen molar-refractivity contribution in [2.24, 2.45) is 0 Å². The summed E-state index contributed by atoms with van der Waals surface area (Å²) in [5.74, 6) is -0.183. The van der Waals surface area contributed by atoms with Crippen LogP contribution in [-0.4, -0.2) is 17.9 Å². The summed E-state index contributed by atoms with van der Waals surface area (Å²) >= 11 is 0. The quantitative estimate of drug-likeness (QED) is 0.679. The second-order valence-corrected chi connectivity index (χ2v) is 2.34. The Morgan fingerprint density at radius 1 is 1.42 bits per heavy atom. The van der Waals surface area contributed by atoms with Crippen molar-refractivity contribution < 1.29 is 19.4 Å². The van der Waals surface area contributed by atoms with Crippen LogP contribution in [0.25, 0.3) is 0 Å². The molecule has 0 bridgehead atoms. The molecule has 0 atom stereocenters. The highest BCUT2D eigenvalue weighted by Crippen LogP contribution is 2.34. The molecule has 4 nitrogen and oxygen atoms in total. The van der Waals surface area contributed by atoms with Gasteiger partial charge in [-0.3, -0.25) is 0 Å². The van der Waals surface area contributed by atoms with Gasteiger partial charge in [-0.15, -0.1) is 0 Å². The standard InChI is InChI=1S/C8H6O4/c9-8(10)5-2-1-3-6-7(5)12-4-11-6/h1-3H,4H2,(H,9,10). The van der Waals surface area contributed by atoms with Gasteiger partial charge in [-0.05, 0) is 12.1 Å². The van der Waals surface area contributed by atoms with E-state index in [1.54, 1.807) is 12.1 Å². The van der Waals surface area contributed by atoms with Gasteiger partial charge in [-0.2, -0.15) is 0 Å². The van der Waals surface area contributed by atoms with Crippen LogP contribution in [0.15, 0.2) is 18.2 Å². The molecule has 1 N–H and O–H groups in total. The molecule has 2 rings (SSSR count). The Labute approximate surface area is 68.3 Å². The average Bonchev–Trinajstić information content (AvgIpc) is 2.49. The molecule has 0 saturated heterocycles. The lowest BCUT2D eigenvalue weighted by atomic mass is 10.2. The molecule has 1 aromatic rings. The summed E-state index contributed by atoms with van der Waals surface area (Å²) < 4.78 is 9.99. The van der Waals surface area contributed by atoms with Crippen molar-refractivity contribution in [3.05, 3.63) is 23.8 Å². The molecular formula is C8H6O4. The zero-order chi connectivity index (χ0) is 8.55. The molecule has 4 heteroatoms. The van der Waals surface area contributed by atoms with E-state index in [0.717, 1.165) is 0 Å². The molecule has 0 saturated carbocycles. The second-order valence-electron chi connectivity index (χ2n) is 2.34. The van der Waals surface area contributed by atoms with E-state index in [2.05, 4.69) is 0 Å². The Hall–Kier alpha value is -1.71. The van der Waals surface area contributed by atoms with Crippen LogP contribution in [0.1, 0.15) is 10.4 Å². The van der Waals surface area contributed by atoms with Gasteiger partial charge in [0.2, 0.25) is 6.79 Å². The van der Waals surface area contributed by atoms with E-state index in [-0.39, 0.29) is 12.4 Å². The monoisotopic (exact) mass is 166 g/mol. The Bertz CT molecular complexity index is 332. The molecular weight excluding hydrogens is 160 g/mol. The maximum absolute atomic E-state index is 10.6. The second kappa shape index (κ2) is 2.41. The number of carbonyl (C=O) groups is 1. The van der Waals surface area contributed by atoms with Gasteiger partial charge in [0.05, 0.1) is 0 Å². The fourth-order valence-corrected chi connectivity index (χ4v) is 1.10. The zero-order valence-electron chi connectivity index (χ0n) is 6.11. The number of fused-ring (bicyclic) bond motifs is 1. The van der Waals surface area contributed by atoms with Crippen LogP contribution in [0, 0.1) is 0 Å². The minimum atomic E-state index is -1.00. The first-order chi connectivity index (χ1) is 5.79. The van der Waals surface area contributed by atoms with Crippen molar-refractivity contribution in [2.75, 3.05) is 6.79 Å². The van der Waals surface area contributed by atoms with E-state index >= 15 is 0 Å². The normalized spacial score (nSPS) is 13.0.